The average Bonchev–Trinajstić information content (AvgIpc) is 3.07. The Morgan fingerprint density at radius 3 is 0.500 bits per heavy atom. The lowest BCUT2D eigenvalue weighted by Gasteiger charge is -2.39. The molecule has 10 nitrogen and oxygen atoms in total. The van der Waals surface area contributed by atoms with Crippen molar-refractivity contribution in [3.63, 3.8) is 0 Å². The van der Waals surface area contributed by atoms with Gasteiger partial charge in [0.15, 0.2) is 0 Å². The molecular weight excluding hydrogens is 707 g/mol. The summed E-state index contributed by atoms with van der Waals surface area (Å²) < 4.78 is 70.8. The van der Waals surface area contributed by atoms with Gasteiger partial charge < -0.3 is 8.97 Å². The zero-order valence-electron chi connectivity index (χ0n) is 35.5. The molecule has 0 amide bonds. The predicted molar refractivity (Wildman–Crippen MR) is 196 cm³/mol. The van der Waals surface area contributed by atoms with Crippen LogP contribution in [0.2, 0.25) is 0 Å². The van der Waals surface area contributed by atoms with Gasteiger partial charge in [-0.25, -0.2) is 37.3 Å². The third-order valence-electron chi connectivity index (χ3n) is 9.89. The third-order valence-corrected chi connectivity index (χ3v) is 9.89. The molecule has 0 aromatic rings. The van der Waals surface area contributed by atoms with Crippen LogP contribution in [0.15, 0.2) is 0 Å². The Morgan fingerprint density at radius 1 is 0.231 bits per heavy atom. The molecule has 320 valence electrons. The minimum Gasteiger partial charge on any atom is -0.324 e. The van der Waals surface area contributed by atoms with E-state index in [9.17, 15) is 0 Å². The number of nitrogens with zero attached hydrogens (tertiary/aromatic N) is 2. The Labute approximate surface area is 327 Å². The number of halogens is 2. The third kappa shape index (κ3) is 52.3. The summed E-state index contributed by atoms with van der Waals surface area (Å²) in [5, 5.41) is 0. The van der Waals surface area contributed by atoms with Gasteiger partial charge in [0.05, 0.1) is 52.4 Å². The zero-order chi connectivity index (χ0) is 40.6. The van der Waals surface area contributed by atoms with Gasteiger partial charge in [-0.1, -0.05) is 132 Å². The molecule has 0 aliphatic rings. The first-order chi connectivity index (χ1) is 24.5. The lowest BCUT2D eigenvalue weighted by atomic mass is 10.1. The van der Waals surface area contributed by atoms with Crippen LogP contribution in [0.3, 0.4) is 0 Å². The molecule has 52 heavy (non-hydrogen) atoms. The lowest BCUT2D eigenvalue weighted by Crippen LogP contribution is -2.68. The van der Waals surface area contributed by atoms with Crippen LogP contribution in [0.4, 0.5) is 0 Å². The molecule has 0 bridgehead atoms. The Kier molecular flexibility index (Phi) is 46.2. The molecule has 0 atom stereocenters. The average molecular weight is 796 g/mol. The summed E-state index contributed by atoms with van der Waals surface area (Å²) in [6.45, 7) is 30.2. The molecule has 0 saturated carbocycles. The summed E-state index contributed by atoms with van der Waals surface area (Å²) in [5.74, 6) is 0. The van der Waals surface area contributed by atoms with E-state index in [2.05, 4.69) is 55.4 Å². The largest absolute Gasteiger partial charge is 0.324 e. The van der Waals surface area contributed by atoms with E-state index in [0.717, 1.165) is 0 Å². The fraction of sp³-hybridized carbons (Fsp3) is 1.00. The van der Waals surface area contributed by atoms with Crippen LogP contribution in [-0.2, 0) is 0 Å². The standard InChI is InChI=1S/C24H52N.C16H36N.2ClHO4/c1-5-9-13-17-21-25(22-18-14-10-6-2,23-19-15-11-7-3)24-20-16-12-8-4;1-5-9-13-17(14-10-6-2,15-11-7-3)16-12-8-4;2*2-1(3,4)5/h5-24H2,1-4H3;5-16H2,1-4H3;2*(H,2,3,4,5)/q2*+1;;/p-2. The maximum absolute atomic E-state index is 8.49. The first-order valence-electron chi connectivity index (χ1n) is 21.4. The molecule has 0 saturated heterocycles. The monoisotopic (exact) mass is 795 g/mol. The molecule has 0 aliphatic carbocycles. The van der Waals surface area contributed by atoms with Gasteiger partial charge in [0.2, 0.25) is 0 Å². The molecule has 0 radical (unpaired) electrons. The maximum Gasteiger partial charge on any atom is 0.0786 e. The second kappa shape index (κ2) is 40.8. The van der Waals surface area contributed by atoms with Crippen LogP contribution in [-0.4, -0.2) is 61.3 Å². The number of hydrogen-bond donors (Lipinski definition) is 0. The van der Waals surface area contributed by atoms with Crippen molar-refractivity contribution in [2.24, 2.45) is 0 Å². The number of rotatable bonds is 32. The van der Waals surface area contributed by atoms with Crippen molar-refractivity contribution < 1.29 is 66.7 Å². The summed E-state index contributed by atoms with van der Waals surface area (Å²) >= 11 is 0. The molecule has 0 N–H and O–H groups in total. The van der Waals surface area contributed by atoms with Gasteiger partial charge in [0, 0.05) is 0 Å². The Bertz CT molecular complexity index is 568. The quantitative estimate of drug-likeness (QED) is 0.0731. The molecule has 0 heterocycles. The van der Waals surface area contributed by atoms with Crippen molar-refractivity contribution in [2.75, 3.05) is 52.4 Å². The Morgan fingerprint density at radius 2 is 0.365 bits per heavy atom. The van der Waals surface area contributed by atoms with Gasteiger partial charge in [-0.3, -0.25) is 0 Å². The van der Waals surface area contributed by atoms with E-state index in [1.54, 1.807) is 0 Å². The highest BCUT2D eigenvalue weighted by molar-refractivity contribution is 4.54. The molecule has 0 rings (SSSR count). The zero-order valence-corrected chi connectivity index (χ0v) is 37.1. The van der Waals surface area contributed by atoms with Crippen molar-refractivity contribution in [3.8, 4) is 0 Å². The van der Waals surface area contributed by atoms with Gasteiger partial charge >= 0.3 is 0 Å². The SMILES string of the molecule is CCCCCC[N+](CCCCCC)(CCCCCC)CCCCCC.CCCC[N+](CCCC)(CCCC)CCCC.[O-][Cl+3]([O-])([O-])[O-].[O-][Cl+3]([O-])([O-])[O-]. The minimum absolute atomic E-state index is 1.35. The van der Waals surface area contributed by atoms with E-state index in [0.29, 0.717) is 0 Å². The predicted octanol–water partition coefficient (Wildman–Crippen LogP) is 3.62. The highest BCUT2D eigenvalue weighted by Gasteiger charge is 2.26. The van der Waals surface area contributed by atoms with Crippen LogP contribution in [0.25, 0.3) is 0 Å². The van der Waals surface area contributed by atoms with Crippen LogP contribution in [0.5, 0.6) is 0 Å². The maximum atomic E-state index is 8.49. The fourth-order valence-electron chi connectivity index (χ4n) is 6.81. The molecule has 0 unspecified atom stereocenters. The van der Waals surface area contributed by atoms with E-state index >= 15 is 0 Å². The topological polar surface area (TPSA) is 184 Å². The van der Waals surface area contributed by atoms with E-state index in [4.69, 9.17) is 37.3 Å². The second-order valence-electron chi connectivity index (χ2n) is 14.9. The molecule has 0 aromatic heterocycles. The summed E-state index contributed by atoms with van der Waals surface area (Å²) in [5.41, 5.74) is 0. The van der Waals surface area contributed by atoms with E-state index in [-0.39, 0.29) is 0 Å². The van der Waals surface area contributed by atoms with Crippen molar-refractivity contribution in [1.29, 1.82) is 0 Å². The molecule has 0 spiro atoms. The highest BCUT2D eigenvalue weighted by atomic mass is 35.7. The molecule has 0 fully saturated rings. The number of hydrogen-bond acceptors (Lipinski definition) is 8. The van der Waals surface area contributed by atoms with Crippen molar-refractivity contribution >= 4 is 0 Å². The second-order valence-corrected chi connectivity index (χ2v) is 16.4. The molecule has 0 aromatic carbocycles. The van der Waals surface area contributed by atoms with Gasteiger partial charge in [-0.15, -0.1) is 20.5 Å². The number of quaternary nitrogens is 2. The smallest absolute Gasteiger partial charge is 0.0786 e. The van der Waals surface area contributed by atoms with E-state index in [1.165, 1.54) is 215 Å². The first kappa shape index (κ1) is 58.9. The minimum atomic E-state index is -4.94. The van der Waals surface area contributed by atoms with Crippen LogP contribution < -0.4 is 37.3 Å². The van der Waals surface area contributed by atoms with Crippen molar-refractivity contribution in [1.82, 2.24) is 0 Å². The van der Waals surface area contributed by atoms with Crippen LogP contribution in [0, 0.1) is 20.5 Å². The van der Waals surface area contributed by atoms with Gasteiger partial charge in [-0.05, 0) is 77.0 Å². The normalized spacial score (nSPS) is 12.0. The molecule has 0 aliphatic heterocycles. The molecule has 12 heteroatoms. The van der Waals surface area contributed by atoms with Crippen LogP contribution in [0.1, 0.15) is 209 Å². The molecular formula is C40H88Cl2N2O8. The van der Waals surface area contributed by atoms with E-state index < -0.39 is 20.5 Å². The Balaban J connectivity index is -0.000000364. The highest BCUT2D eigenvalue weighted by Crippen LogP contribution is 2.20. The van der Waals surface area contributed by atoms with Gasteiger partial charge in [0.1, 0.15) is 0 Å². The van der Waals surface area contributed by atoms with Gasteiger partial charge in [0.25, 0.3) is 0 Å². The van der Waals surface area contributed by atoms with Gasteiger partial charge in [-0.2, -0.15) is 0 Å². The summed E-state index contributed by atoms with van der Waals surface area (Å²) in [7, 11) is -9.89. The van der Waals surface area contributed by atoms with Crippen LogP contribution >= 0.6 is 0 Å². The number of unbranched alkanes of at least 4 members (excludes halogenated alkanes) is 16. The fourth-order valence-corrected chi connectivity index (χ4v) is 6.81. The first-order valence-corrected chi connectivity index (χ1v) is 23.9. The van der Waals surface area contributed by atoms with E-state index in [1.807, 2.05) is 0 Å². The summed E-state index contributed by atoms with van der Waals surface area (Å²) in [6.07, 6.45) is 33.9. The summed E-state index contributed by atoms with van der Waals surface area (Å²) in [4.78, 5) is 0. The van der Waals surface area contributed by atoms with Crippen molar-refractivity contribution in [2.45, 2.75) is 209 Å². The lowest BCUT2D eigenvalue weighted by molar-refractivity contribution is -2.00. The summed E-state index contributed by atoms with van der Waals surface area (Å²) in [6, 6.07) is 0. The Hall–Kier alpha value is 0.180. The van der Waals surface area contributed by atoms with Crippen molar-refractivity contribution in [3.05, 3.63) is 0 Å².